The van der Waals surface area contributed by atoms with Crippen LogP contribution in [0.25, 0.3) is 10.9 Å². The summed E-state index contributed by atoms with van der Waals surface area (Å²) in [6, 6.07) is 6.19. The molecule has 0 radical (unpaired) electrons. The van der Waals surface area contributed by atoms with Gasteiger partial charge in [-0.25, -0.2) is 0 Å². The summed E-state index contributed by atoms with van der Waals surface area (Å²) in [7, 11) is 1.75. The number of nitrogens with one attached hydrogen (secondary N) is 1. The van der Waals surface area contributed by atoms with Crippen molar-refractivity contribution in [2.45, 2.75) is 19.4 Å². The number of ether oxygens (including phenoxy) is 1. The molecule has 1 aliphatic heterocycles. The van der Waals surface area contributed by atoms with E-state index in [-0.39, 0.29) is 5.91 Å². The van der Waals surface area contributed by atoms with Crippen LogP contribution in [0.15, 0.2) is 24.4 Å². The van der Waals surface area contributed by atoms with E-state index in [1.807, 2.05) is 6.20 Å². The number of hydrogen-bond acceptors (Lipinski definition) is 4. The molecule has 0 aliphatic carbocycles. The highest BCUT2D eigenvalue weighted by atomic mass is 16.5. The molecule has 0 saturated carbocycles. The van der Waals surface area contributed by atoms with Crippen LogP contribution in [0, 0.1) is 6.92 Å². The number of rotatable bonds is 6. The van der Waals surface area contributed by atoms with Gasteiger partial charge in [-0.15, -0.1) is 0 Å². The van der Waals surface area contributed by atoms with Gasteiger partial charge < -0.3 is 19.7 Å². The molecular formula is C19H27N3O3. The first-order chi connectivity index (χ1) is 12.0. The predicted octanol–water partition coefficient (Wildman–Crippen LogP) is 1.17. The number of aryl methyl sites for hydroxylation is 1. The average molecular weight is 345 g/mol. The number of fused-ring (bicyclic) bond motifs is 1. The maximum atomic E-state index is 12.5. The molecule has 1 aromatic carbocycles. The summed E-state index contributed by atoms with van der Waals surface area (Å²) in [5, 5.41) is 11.4. The van der Waals surface area contributed by atoms with E-state index < -0.39 is 6.10 Å². The quantitative estimate of drug-likeness (QED) is 0.825. The lowest BCUT2D eigenvalue weighted by Crippen LogP contribution is -2.45. The Morgan fingerprint density at radius 2 is 2.16 bits per heavy atom. The Hall–Kier alpha value is -1.89. The fraction of sp³-hybridized carbons (Fsp3) is 0.526. The molecule has 0 spiro atoms. The number of aromatic nitrogens is 1. The van der Waals surface area contributed by atoms with Crippen LogP contribution in [-0.4, -0.2) is 78.3 Å². The molecule has 1 saturated heterocycles. The number of aliphatic hydroxyl groups is 1. The van der Waals surface area contributed by atoms with Gasteiger partial charge in [-0.2, -0.15) is 0 Å². The monoisotopic (exact) mass is 345 g/mol. The van der Waals surface area contributed by atoms with Crippen LogP contribution in [0.2, 0.25) is 0 Å². The first-order valence-electron chi connectivity index (χ1n) is 8.81. The van der Waals surface area contributed by atoms with Crippen LogP contribution in [0.1, 0.15) is 11.1 Å². The second kappa shape index (κ2) is 7.99. The average Bonchev–Trinajstić information content (AvgIpc) is 2.97. The van der Waals surface area contributed by atoms with Crippen molar-refractivity contribution in [2.24, 2.45) is 0 Å². The molecule has 2 N–H and O–H groups in total. The minimum absolute atomic E-state index is 0.0162. The van der Waals surface area contributed by atoms with Gasteiger partial charge in [0.15, 0.2) is 0 Å². The van der Waals surface area contributed by atoms with Crippen molar-refractivity contribution >= 4 is 16.8 Å². The van der Waals surface area contributed by atoms with E-state index >= 15 is 0 Å². The lowest BCUT2D eigenvalue weighted by molar-refractivity contribution is -0.130. The molecule has 25 heavy (non-hydrogen) atoms. The van der Waals surface area contributed by atoms with Crippen molar-refractivity contribution in [3.8, 4) is 0 Å². The third-order valence-corrected chi connectivity index (χ3v) is 4.75. The van der Waals surface area contributed by atoms with Gasteiger partial charge >= 0.3 is 0 Å². The van der Waals surface area contributed by atoms with Crippen LogP contribution < -0.4 is 0 Å². The second-order valence-electron chi connectivity index (χ2n) is 6.88. The van der Waals surface area contributed by atoms with Crippen LogP contribution in [-0.2, 0) is 16.0 Å². The van der Waals surface area contributed by atoms with Gasteiger partial charge in [0.25, 0.3) is 0 Å². The van der Waals surface area contributed by atoms with Crippen molar-refractivity contribution in [2.75, 3.05) is 46.4 Å². The standard InChI is InChI=1S/C19H27N3O3/c1-14-3-4-17-15(11-20-18(17)9-14)10-19(24)21(2)12-16(23)13-22-5-7-25-8-6-22/h3-4,9,11,16,20,23H,5-8,10,12-13H2,1-2H3. The molecule has 1 fully saturated rings. The predicted molar refractivity (Wildman–Crippen MR) is 97.6 cm³/mol. The number of nitrogens with zero attached hydrogens (tertiary/aromatic N) is 2. The molecule has 2 aromatic rings. The molecule has 1 unspecified atom stereocenters. The highest BCUT2D eigenvalue weighted by molar-refractivity contribution is 5.89. The van der Waals surface area contributed by atoms with Gasteiger partial charge in [0.2, 0.25) is 5.91 Å². The van der Waals surface area contributed by atoms with E-state index in [1.54, 1.807) is 11.9 Å². The molecule has 6 nitrogen and oxygen atoms in total. The zero-order valence-corrected chi connectivity index (χ0v) is 15.0. The van der Waals surface area contributed by atoms with E-state index in [0.717, 1.165) is 29.6 Å². The van der Waals surface area contributed by atoms with Crippen molar-refractivity contribution in [1.82, 2.24) is 14.8 Å². The van der Waals surface area contributed by atoms with Gasteiger partial charge in [0.05, 0.1) is 25.7 Å². The van der Waals surface area contributed by atoms with Crippen molar-refractivity contribution in [1.29, 1.82) is 0 Å². The van der Waals surface area contributed by atoms with Crippen LogP contribution in [0.4, 0.5) is 0 Å². The molecule has 136 valence electrons. The van der Waals surface area contributed by atoms with Crippen molar-refractivity contribution in [3.05, 3.63) is 35.5 Å². The zero-order chi connectivity index (χ0) is 17.8. The van der Waals surface area contributed by atoms with Crippen LogP contribution in [0.5, 0.6) is 0 Å². The fourth-order valence-corrected chi connectivity index (χ4v) is 3.30. The smallest absolute Gasteiger partial charge is 0.226 e. The SMILES string of the molecule is Cc1ccc2c(CC(=O)N(C)CC(O)CN3CCOCC3)c[nH]c2c1. The lowest BCUT2D eigenvalue weighted by atomic mass is 10.1. The van der Waals surface area contributed by atoms with Crippen LogP contribution in [0.3, 0.4) is 0 Å². The summed E-state index contributed by atoms with van der Waals surface area (Å²) in [4.78, 5) is 19.5. The molecule has 1 aromatic heterocycles. The zero-order valence-electron chi connectivity index (χ0n) is 15.0. The molecule has 1 aliphatic rings. The Bertz CT molecular complexity index is 722. The van der Waals surface area contributed by atoms with E-state index in [1.165, 1.54) is 5.56 Å². The summed E-state index contributed by atoms with van der Waals surface area (Å²) < 4.78 is 5.31. The topological polar surface area (TPSA) is 68.8 Å². The Balaban J connectivity index is 1.54. The molecule has 1 amide bonds. The van der Waals surface area contributed by atoms with Crippen molar-refractivity contribution < 1.29 is 14.6 Å². The summed E-state index contributed by atoms with van der Waals surface area (Å²) in [5.41, 5.74) is 3.24. The third-order valence-electron chi connectivity index (χ3n) is 4.75. The number of H-pyrrole nitrogens is 1. The summed E-state index contributed by atoms with van der Waals surface area (Å²) in [6.07, 6.45) is 1.70. The number of aromatic amines is 1. The highest BCUT2D eigenvalue weighted by Gasteiger charge is 2.19. The van der Waals surface area contributed by atoms with E-state index in [9.17, 15) is 9.90 Å². The fourth-order valence-electron chi connectivity index (χ4n) is 3.30. The number of amides is 1. The number of carbonyl (C=O) groups is 1. The number of likely N-dealkylation sites (N-methyl/N-ethyl adjacent to an activating group) is 1. The van der Waals surface area contributed by atoms with E-state index in [2.05, 4.69) is 35.0 Å². The van der Waals surface area contributed by atoms with Gasteiger partial charge in [-0.1, -0.05) is 12.1 Å². The highest BCUT2D eigenvalue weighted by Crippen LogP contribution is 2.20. The number of benzene rings is 1. The number of carbonyl (C=O) groups excluding carboxylic acids is 1. The number of β-amino-alcohol motifs (C(OH)–C–C–N with tert-alkyl or cyclic N) is 1. The Morgan fingerprint density at radius 1 is 1.40 bits per heavy atom. The lowest BCUT2D eigenvalue weighted by Gasteiger charge is -2.30. The number of morpholine rings is 1. The molecule has 2 heterocycles. The van der Waals surface area contributed by atoms with Gasteiger partial charge in [-0.3, -0.25) is 9.69 Å². The summed E-state index contributed by atoms with van der Waals surface area (Å²) in [5.74, 6) is 0.0162. The Morgan fingerprint density at radius 3 is 2.92 bits per heavy atom. The largest absolute Gasteiger partial charge is 0.390 e. The number of aliphatic hydroxyl groups excluding tert-OH is 1. The summed E-state index contributed by atoms with van der Waals surface area (Å²) in [6.45, 7) is 6.07. The first-order valence-corrected chi connectivity index (χ1v) is 8.81. The normalized spacial score (nSPS) is 16.9. The van der Waals surface area contributed by atoms with Gasteiger partial charge in [-0.05, 0) is 24.1 Å². The van der Waals surface area contributed by atoms with E-state index in [4.69, 9.17) is 4.74 Å². The molecule has 1 atom stereocenters. The molecular weight excluding hydrogens is 318 g/mol. The second-order valence-corrected chi connectivity index (χ2v) is 6.88. The maximum absolute atomic E-state index is 12.5. The Labute approximate surface area is 148 Å². The minimum atomic E-state index is -0.544. The van der Waals surface area contributed by atoms with E-state index in [0.29, 0.717) is 32.7 Å². The number of hydrogen-bond donors (Lipinski definition) is 2. The molecule has 3 rings (SSSR count). The first kappa shape index (κ1) is 17.9. The Kier molecular flexibility index (Phi) is 5.73. The van der Waals surface area contributed by atoms with Gasteiger partial charge in [0.1, 0.15) is 0 Å². The molecule has 6 heteroatoms. The minimum Gasteiger partial charge on any atom is -0.390 e. The van der Waals surface area contributed by atoms with Gasteiger partial charge in [0, 0.05) is 50.3 Å². The van der Waals surface area contributed by atoms with Crippen molar-refractivity contribution in [3.63, 3.8) is 0 Å². The maximum Gasteiger partial charge on any atom is 0.226 e. The van der Waals surface area contributed by atoms with Crippen LogP contribution >= 0.6 is 0 Å². The summed E-state index contributed by atoms with van der Waals surface area (Å²) >= 11 is 0. The third kappa shape index (κ3) is 4.60. The molecule has 0 bridgehead atoms.